The van der Waals surface area contributed by atoms with Crippen LogP contribution in [0.4, 0.5) is 0 Å². The van der Waals surface area contributed by atoms with E-state index in [0.29, 0.717) is 6.10 Å². The highest BCUT2D eigenvalue weighted by Gasteiger charge is 2.13. The Labute approximate surface area is 82.0 Å². The molecular formula is C11H23NO. The second kappa shape index (κ2) is 6.39. The molecule has 1 aliphatic carbocycles. The molecule has 2 nitrogen and oxygen atoms in total. The zero-order valence-electron chi connectivity index (χ0n) is 9.01. The highest BCUT2D eigenvalue weighted by Crippen LogP contribution is 2.17. The van der Waals surface area contributed by atoms with Gasteiger partial charge in [-0.2, -0.15) is 0 Å². The second-order valence-electron chi connectivity index (χ2n) is 4.03. The average Bonchev–Trinajstić information content (AvgIpc) is 2.64. The van der Waals surface area contributed by atoms with E-state index in [1.807, 2.05) is 0 Å². The van der Waals surface area contributed by atoms with Crippen molar-refractivity contribution in [3.05, 3.63) is 0 Å². The van der Waals surface area contributed by atoms with Crippen molar-refractivity contribution in [1.29, 1.82) is 0 Å². The first-order valence-electron chi connectivity index (χ1n) is 5.68. The third kappa shape index (κ3) is 4.63. The van der Waals surface area contributed by atoms with Gasteiger partial charge in [0.25, 0.3) is 0 Å². The Morgan fingerprint density at radius 1 is 1.38 bits per heavy atom. The lowest BCUT2D eigenvalue weighted by Crippen LogP contribution is -2.30. The minimum atomic E-state index is 0.422. The van der Waals surface area contributed by atoms with Crippen LogP contribution in [-0.2, 0) is 4.74 Å². The van der Waals surface area contributed by atoms with E-state index in [2.05, 4.69) is 19.2 Å². The van der Waals surface area contributed by atoms with Gasteiger partial charge in [-0.1, -0.05) is 19.8 Å². The van der Waals surface area contributed by atoms with Crippen LogP contribution in [0.15, 0.2) is 0 Å². The Kier molecular flexibility index (Phi) is 5.40. The summed E-state index contributed by atoms with van der Waals surface area (Å²) in [6.45, 7) is 6.19. The molecule has 1 rings (SSSR count). The summed E-state index contributed by atoms with van der Waals surface area (Å²) in [5.41, 5.74) is 0. The van der Waals surface area contributed by atoms with Crippen molar-refractivity contribution in [2.24, 2.45) is 0 Å². The van der Waals surface area contributed by atoms with E-state index in [4.69, 9.17) is 4.74 Å². The lowest BCUT2D eigenvalue weighted by atomic mass is 10.2. The van der Waals surface area contributed by atoms with Gasteiger partial charge in [0.05, 0.1) is 12.7 Å². The number of rotatable bonds is 6. The molecule has 1 N–H and O–H groups in total. The Morgan fingerprint density at radius 2 is 2.08 bits per heavy atom. The molecule has 0 heterocycles. The molecule has 2 heteroatoms. The fraction of sp³-hybridized carbons (Fsp3) is 1.00. The van der Waals surface area contributed by atoms with Gasteiger partial charge in [-0.15, -0.1) is 0 Å². The quantitative estimate of drug-likeness (QED) is 0.641. The molecule has 1 unspecified atom stereocenters. The number of hydrogen-bond donors (Lipinski definition) is 1. The van der Waals surface area contributed by atoms with Gasteiger partial charge in [0, 0.05) is 12.6 Å². The number of ether oxygens (including phenoxy) is 1. The SMILES string of the molecule is CCC(C)OCCNC1CCCC1. The monoisotopic (exact) mass is 185 g/mol. The highest BCUT2D eigenvalue weighted by atomic mass is 16.5. The zero-order valence-corrected chi connectivity index (χ0v) is 9.01. The van der Waals surface area contributed by atoms with E-state index in [9.17, 15) is 0 Å². The van der Waals surface area contributed by atoms with E-state index in [-0.39, 0.29) is 0 Å². The summed E-state index contributed by atoms with van der Waals surface area (Å²) in [7, 11) is 0. The van der Waals surface area contributed by atoms with Crippen molar-refractivity contribution in [2.45, 2.75) is 58.1 Å². The highest BCUT2D eigenvalue weighted by molar-refractivity contribution is 4.73. The molecule has 0 aromatic carbocycles. The van der Waals surface area contributed by atoms with Crippen molar-refractivity contribution in [3.63, 3.8) is 0 Å². The lowest BCUT2D eigenvalue weighted by molar-refractivity contribution is 0.0644. The number of hydrogen-bond acceptors (Lipinski definition) is 2. The van der Waals surface area contributed by atoms with Crippen molar-refractivity contribution in [1.82, 2.24) is 5.32 Å². The molecule has 0 saturated heterocycles. The van der Waals surface area contributed by atoms with Crippen LogP contribution >= 0.6 is 0 Å². The summed E-state index contributed by atoms with van der Waals surface area (Å²) in [5.74, 6) is 0. The molecule has 0 bridgehead atoms. The van der Waals surface area contributed by atoms with Crippen molar-refractivity contribution < 1.29 is 4.74 Å². The van der Waals surface area contributed by atoms with Gasteiger partial charge in [0.1, 0.15) is 0 Å². The molecule has 0 radical (unpaired) electrons. The summed E-state index contributed by atoms with van der Waals surface area (Å²) in [4.78, 5) is 0. The molecule has 0 aromatic heterocycles. The van der Waals surface area contributed by atoms with Crippen molar-refractivity contribution >= 4 is 0 Å². The molecule has 13 heavy (non-hydrogen) atoms. The molecular weight excluding hydrogens is 162 g/mol. The minimum Gasteiger partial charge on any atom is -0.377 e. The number of nitrogens with one attached hydrogen (secondary N) is 1. The van der Waals surface area contributed by atoms with E-state index in [1.165, 1.54) is 25.7 Å². The van der Waals surface area contributed by atoms with E-state index in [0.717, 1.165) is 25.6 Å². The first kappa shape index (κ1) is 11.0. The third-order valence-corrected chi connectivity index (χ3v) is 2.87. The lowest BCUT2D eigenvalue weighted by Gasteiger charge is -2.14. The predicted octanol–water partition coefficient (Wildman–Crippen LogP) is 2.33. The first-order chi connectivity index (χ1) is 6.33. The van der Waals surface area contributed by atoms with E-state index < -0.39 is 0 Å². The molecule has 0 aliphatic heterocycles. The van der Waals surface area contributed by atoms with E-state index in [1.54, 1.807) is 0 Å². The summed E-state index contributed by atoms with van der Waals surface area (Å²) >= 11 is 0. The Hall–Kier alpha value is -0.0800. The van der Waals surface area contributed by atoms with Crippen molar-refractivity contribution in [3.8, 4) is 0 Å². The largest absolute Gasteiger partial charge is 0.377 e. The fourth-order valence-electron chi connectivity index (χ4n) is 1.77. The molecule has 0 aromatic rings. The van der Waals surface area contributed by atoms with Gasteiger partial charge in [-0.05, 0) is 26.2 Å². The van der Waals surface area contributed by atoms with Gasteiger partial charge in [0.15, 0.2) is 0 Å². The van der Waals surface area contributed by atoms with Crippen LogP contribution in [0.2, 0.25) is 0 Å². The zero-order chi connectivity index (χ0) is 9.52. The normalized spacial score (nSPS) is 20.8. The molecule has 1 aliphatic rings. The molecule has 0 amide bonds. The van der Waals surface area contributed by atoms with Crippen LogP contribution in [0.1, 0.15) is 46.0 Å². The summed E-state index contributed by atoms with van der Waals surface area (Å²) in [5, 5.41) is 3.54. The smallest absolute Gasteiger partial charge is 0.0594 e. The summed E-state index contributed by atoms with van der Waals surface area (Å²) in [6.07, 6.45) is 7.08. The topological polar surface area (TPSA) is 21.3 Å². The minimum absolute atomic E-state index is 0.422. The van der Waals surface area contributed by atoms with Crippen LogP contribution < -0.4 is 5.32 Å². The van der Waals surface area contributed by atoms with Gasteiger partial charge >= 0.3 is 0 Å². The van der Waals surface area contributed by atoms with Crippen molar-refractivity contribution in [2.75, 3.05) is 13.2 Å². The maximum Gasteiger partial charge on any atom is 0.0594 e. The molecule has 1 saturated carbocycles. The maximum atomic E-state index is 5.59. The van der Waals surface area contributed by atoms with Gasteiger partial charge in [-0.3, -0.25) is 0 Å². The van der Waals surface area contributed by atoms with Gasteiger partial charge in [-0.25, -0.2) is 0 Å². The molecule has 0 spiro atoms. The first-order valence-corrected chi connectivity index (χ1v) is 5.68. The summed E-state index contributed by atoms with van der Waals surface area (Å²) < 4.78 is 5.59. The third-order valence-electron chi connectivity index (χ3n) is 2.87. The van der Waals surface area contributed by atoms with Gasteiger partial charge < -0.3 is 10.1 Å². The standard InChI is InChI=1S/C11H23NO/c1-3-10(2)13-9-8-12-11-6-4-5-7-11/h10-12H,3-9H2,1-2H3. The summed E-state index contributed by atoms with van der Waals surface area (Å²) in [6, 6.07) is 0.778. The van der Waals surface area contributed by atoms with Crippen LogP contribution in [0.25, 0.3) is 0 Å². The Bertz CT molecular complexity index is 121. The Morgan fingerprint density at radius 3 is 2.69 bits per heavy atom. The van der Waals surface area contributed by atoms with Crippen LogP contribution in [0.3, 0.4) is 0 Å². The second-order valence-corrected chi connectivity index (χ2v) is 4.03. The molecule has 78 valence electrons. The Balaban J connectivity index is 1.88. The van der Waals surface area contributed by atoms with Gasteiger partial charge in [0.2, 0.25) is 0 Å². The molecule has 1 atom stereocenters. The average molecular weight is 185 g/mol. The fourth-order valence-corrected chi connectivity index (χ4v) is 1.77. The van der Waals surface area contributed by atoms with Crippen LogP contribution in [-0.4, -0.2) is 25.3 Å². The van der Waals surface area contributed by atoms with Crippen LogP contribution in [0.5, 0.6) is 0 Å². The maximum absolute atomic E-state index is 5.59. The van der Waals surface area contributed by atoms with Crippen LogP contribution in [0, 0.1) is 0 Å². The molecule has 1 fully saturated rings. The van der Waals surface area contributed by atoms with E-state index >= 15 is 0 Å². The predicted molar refractivity (Wildman–Crippen MR) is 56.0 cm³/mol.